The van der Waals surface area contributed by atoms with Crippen LogP contribution in [0.25, 0.3) is 0 Å². The van der Waals surface area contributed by atoms with Crippen LogP contribution < -0.4 is 5.32 Å². The van der Waals surface area contributed by atoms with Crippen LogP contribution in [-0.2, 0) is 9.53 Å². The standard InChI is InChI=1S/C8H12F3NO4/c1-3-6(14)4(2-5(13)16-3)12-7(15)8(9,10)11/h3-6,13-14H,2H2,1H3,(H,12,15)/t3-,4-,5+,6-/m1/s1. The summed E-state index contributed by atoms with van der Waals surface area (Å²) in [5.74, 6) is -2.14. The van der Waals surface area contributed by atoms with Crippen LogP contribution in [0.5, 0.6) is 0 Å². The molecule has 0 spiro atoms. The summed E-state index contributed by atoms with van der Waals surface area (Å²) in [6.45, 7) is 1.39. The number of ether oxygens (including phenoxy) is 1. The highest BCUT2D eigenvalue weighted by molar-refractivity contribution is 5.82. The average Bonchev–Trinajstić information content (AvgIpc) is 2.11. The first-order chi connectivity index (χ1) is 7.21. The summed E-state index contributed by atoms with van der Waals surface area (Å²) in [7, 11) is 0. The summed E-state index contributed by atoms with van der Waals surface area (Å²) in [5.41, 5.74) is 0. The van der Waals surface area contributed by atoms with Crippen LogP contribution in [0, 0.1) is 0 Å². The number of carbonyl (C=O) groups excluding carboxylic acids is 1. The van der Waals surface area contributed by atoms with E-state index in [2.05, 4.69) is 0 Å². The number of hydrogen-bond donors (Lipinski definition) is 3. The van der Waals surface area contributed by atoms with E-state index in [0.717, 1.165) is 0 Å². The smallest absolute Gasteiger partial charge is 0.388 e. The lowest BCUT2D eigenvalue weighted by Crippen LogP contribution is -2.56. The summed E-state index contributed by atoms with van der Waals surface area (Å²) in [6.07, 6.45) is -8.71. The second kappa shape index (κ2) is 4.56. The van der Waals surface area contributed by atoms with Crippen molar-refractivity contribution in [2.75, 3.05) is 0 Å². The van der Waals surface area contributed by atoms with Gasteiger partial charge in [0.15, 0.2) is 6.29 Å². The van der Waals surface area contributed by atoms with Crippen molar-refractivity contribution in [2.45, 2.75) is 44.1 Å². The molecule has 1 rings (SSSR count). The molecule has 1 saturated heterocycles. The van der Waals surface area contributed by atoms with Gasteiger partial charge in [0.25, 0.3) is 0 Å². The molecule has 16 heavy (non-hydrogen) atoms. The molecule has 1 heterocycles. The van der Waals surface area contributed by atoms with E-state index in [4.69, 9.17) is 9.84 Å². The number of carbonyl (C=O) groups is 1. The largest absolute Gasteiger partial charge is 0.471 e. The molecule has 0 aromatic heterocycles. The number of rotatable bonds is 1. The maximum Gasteiger partial charge on any atom is 0.471 e. The first-order valence-electron chi connectivity index (χ1n) is 4.61. The van der Waals surface area contributed by atoms with E-state index in [1.807, 2.05) is 0 Å². The third-order valence-electron chi connectivity index (χ3n) is 2.29. The van der Waals surface area contributed by atoms with Crippen molar-refractivity contribution < 1.29 is 32.9 Å². The zero-order valence-electron chi connectivity index (χ0n) is 8.36. The van der Waals surface area contributed by atoms with E-state index >= 15 is 0 Å². The Labute approximate surface area is 89.2 Å². The number of aliphatic hydroxyl groups excluding tert-OH is 2. The molecule has 1 amide bonds. The fourth-order valence-corrected chi connectivity index (χ4v) is 1.46. The summed E-state index contributed by atoms with van der Waals surface area (Å²) >= 11 is 0. The van der Waals surface area contributed by atoms with Crippen LogP contribution in [0.1, 0.15) is 13.3 Å². The highest BCUT2D eigenvalue weighted by Gasteiger charge is 2.43. The van der Waals surface area contributed by atoms with Crippen LogP contribution in [-0.4, -0.2) is 46.8 Å². The first kappa shape index (κ1) is 13.2. The van der Waals surface area contributed by atoms with E-state index in [-0.39, 0.29) is 6.42 Å². The molecule has 1 aliphatic heterocycles. The second-order valence-electron chi connectivity index (χ2n) is 3.60. The van der Waals surface area contributed by atoms with Gasteiger partial charge in [0, 0.05) is 6.42 Å². The minimum atomic E-state index is -5.01. The van der Waals surface area contributed by atoms with Gasteiger partial charge in [-0.05, 0) is 6.92 Å². The maximum absolute atomic E-state index is 11.9. The van der Waals surface area contributed by atoms with Crippen molar-refractivity contribution in [2.24, 2.45) is 0 Å². The Balaban J connectivity index is 2.62. The number of halogens is 3. The van der Waals surface area contributed by atoms with Crippen LogP contribution in [0.15, 0.2) is 0 Å². The zero-order chi connectivity index (χ0) is 12.5. The molecule has 0 unspecified atom stereocenters. The Kier molecular flexibility index (Phi) is 3.76. The second-order valence-corrected chi connectivity index (χ2v) is 3.60. The van der Waals surface area contributed by atoms with Gasteiger partial charge in [0.05, 0.1) is 12.1 Å². The zero-order valence-corrected chi connectivity index (χ0v) is 8.36. The number of nitrogens with one attached hydrogen (secondary N) is 1. The molecule has 1 fully saturated rings. The highest BCUT2D eigenvalue weighted by Crippen LogP contribution is 2.21. The quantitative estimate of drug-likeness (QED) is 0.581. The molecular weight excluding hydrogens is 231 g/mol. The molecule has 8 heteroatoms. The lowest BCUT2D eigenvalue weighted by molar-refractivity contribution is -0.207. The minimum absolute atomic E-state index is 0.284. The molecule has 0 aliphatic carbocycles. The van der Waals surface area contributed by atoms with Gasteiger partial charge in [-0.25, -0.2) is 0 Å². The topological polar surface area (TPSA) is 78.8 Å². The average molecular weight is 243 g/mol. The molecule has 0 aromatic rings. The fourth-order valence-electron chi connectivity index (χ4n) is 1.46. The monoisotopic (exact) mass is 243 g/mol. The summed E-state index contributed by atoms with van der Waals surface area (Å²) in [5, 5.41) is 20.2. The Hall–Kier alpha value is -0.860. The van der Waals surface area contributed by atoms with E-state index in [1.54, 1.807) is 5.32 Å². The van der Waals surface area contributed by atoms with Gasteiger partial charge in [-0.3, -0.25) is 4.79 Å². The van der Waals surface area contributed by atoms with E-state index < -0.39 is 36.6 Å². The van der Waals surface area contributed by atoms with Gasteiger partial charge >= 0.3 is 12.1 Å². The SMILES string of the molecule is C[C@H]1O[C@H](O)C[C@@H](NC(=O)C(F)(F)F)[C@@H]1O. The third-order valence-corrected chi connectivity index (χ3v) is 2.29. The van der Waals surface area contributed by atoms with E-state index in [1.165, 1.54) is 6.92 Å². The molecule has 0 aromatic carbocycles. The van der Waals surface area contributed by atoms with Crippen molar-refractivity contribution >= 4 is 5.91 Å². The van der Waals surface area contributed by atoms with E-state index in [9.17, 15) is 23.1 Å². The van der Waals surface area contributed by atoms with Crippen molar-refractivity contribution in [3.63, 3.8) is 0 Å². The lowest BCUT2D eigenvalue weighted by atomic mass is 9.99. The van der Waals surface area contributed by atoms with Crippen LogP contribution >= 0.6 is 0 Å². The van der Waals surface area contributed by atoms with Gasteiger partial charge in [0.1, 0.15) is 6.10 Å². The Morgan fingerprint density at radius 3 is 2.50 bits per heavy atom. The fraction of sp³-hybridized carbons (Fsp3) is 0.875. The van der Waals surface area contributed by atoms with Crippen molar-refractivity contribution in [1.82, 2.24) is 5.32 Å². The summed E-state index contributed by atoms with van der Waals surface area (Å²) in [4.78, 5) is 10.6. The van der Waals surface area contributed by atoms with Gasteiger partial charge in [0.2, 0.25) is 0 Å². The Morgan fingerprint density at radius 1 is 1.44 bits per heavy atom. The number of hydrogen-bond acceptors (Lipinski definition) is 4. The molecule has 0 bridgehead atoms. The predicted octanol–water partition coefficient (Wildman–Crippen LogP) is -0.478. The Bertz CT molecular complexity index is 270. The number of amides is 1. The number of alkyl halides is 3. The molecule has 4 atom stereocenters. The third kappa shape index (κ3) is 3.06. The molecule has 94 valence electrons. The maximum atomic E-state index is 11.9. The molecular formula is C8H12F3NO4. The minimum Gasteiger partial charge on any atom is -0.388 e. The molecule has 5 nitrogen and oxygen atoms in total. The van der Waals surface area contributed by atoms with Crippen LogP contribution in [0.2, 0.25) is 0 Å². The first-order valence-corrected chi connectivity index (χ1v) is 4.61. The van der Waals surface area contributed by atoms with Gasteiger partial charge in [-0.15, -0.1) is 0 Å². The Morgan fingerprint density at radius 2 is 2.00 bits per heavy atom. The normalized spacial score (nSPS) is 35.9. The molecule has 0 saturated carbocycles. The van der Waals surface area contributed by atoms with Crippen LogP contribution in [0.3, 0.4) is 0 Å². The van der Waals surface area contributed by atoms with Crippen molar-refractivity contribution in [3.05, 3.63) is 0 Å². The predicted molar refractivity (Wildman–Crippen MR) is 45.2 cm³/mol. The summed E-state index contributed by atoms with van der Waals surface area (Å²) < 4.78 is 40.6. The van der Waals surface area contributed by atoms with Gasteiger partial charge in [-0.1, -0.05) is 0 Å². The summed E-state index contributed by atoms with van der Waals surface area (Å²) in [6, 6.07) is -1.17. The van der Waals surface area contributed by atoms with Crippen LogP contribution in [0.4, 0.5) is 13.2 Å². The van der Waals surface area contributed by atoms with Gasteiger partial charge < -0.3 is 20.3 Å². The molecule has 0 radical (unpaired) electrons. The van der Waals surface area contributed by atoms with Gasteiger partial charge in [-0.2, -0.15) is 13.2 Å². The van der Waals surface area contributed by atoms with Crippen molar-refractivity contribution in [3.8, 4) is 0 Å². The molecule has 3 N–H and O–H groups in total. The van der Waals surface area contributed by atoms with Crippen molar-refractivity contribution in [1.29, 1.82) is 0 Å². The highest BCUT2D eigenvalue weighted by atomic mass is 19.4. The molecule has 1 aliphatic rings. The van der Waals surface area contributed by atoms with E-state index in [0.29, 0.717) is 0 Å². The number of aliphatic hydroxyl groups is 2. The lowest BCUT2D eigenvalue weighted by Gasteiger charge is -2.36.